The van der Waals surface area contributed by atoms with E-state index in [4.69, 9.17) is 9.47 Å². The summed E-state index contributed by atoms with van der Waals surface area (Å²) in [6.07, 6.45) is 12.7. The van der Waals surface area contributed by atoms with Crippen molar-refractivity contribution in [2.75, 3.05) is 0 Å². The molecule has 32 heavy (non-hydrogen) atoms. The van der Waals surface area contributed by atoms with Crippen LogP contribution in [-0.2, 0) is 19.1 Å². The highest BCUT2D eigenvalue weighted by Crippen LogP contribution is 2.25. The topological polar surface area (TPSA) is 52.6 Å². The molecule has 0 aliphatic rings. The Morgan fingerprint density at radius 2 is 0.875 bits per heavy atom. The van der Waals surface area contributed by atoms with Crippen molar-refractivity contribution in [1.29, 1.82) is 0 Å². The Labute approximate surface area is 200 Å². The number of hydrogen-bond donors (Lipinski definition) is 0. The van der Waals surface area contributed by atoms with Crippen LogP contribution in [0.5, 0.6) is 0 Å². The standard InChI is InChI=1S/C15H30O2.C13H26O2/c1-6-9-11-13(12-10-7-2)17-14(16)15(4,5)8-3;1-6-9-11(10-7-2)15-12(14)13(4,5)8-3/h13H,6-12H2,1-5H3;11H,6-10H2,1-5H3. The monoisotopic (exact) mass is 456 g/mol. The van der Waals surface area contributed by atoms with E-state index in [0.29, 0.717) is 0 Å². The number of hydrogen-bond acceptors (Lipinski definition) is 4. The molecule has 0 aromatic rings. The minimum absolute atomic E-state index is 0.0304. The molecule has 0 aliphatic carbocycles. The van der Waals surface area contributed by atoms with Crippen molar-refractivity contribution < 1.29 is 19.1 Å². The maximum atomic E-state index is 12.0. The number of rotatable bonds is 16. The number of carbonyl (C=O) groups excluding carboxylic acids is 2. The minimum Gasteiger partial charge on any atom is -0.462 e. The number of esters is 2. The molecule has 4 heteroatoms. The van der Waals surface area contributed by atoms with Gasteiger partial charge in [-0.15, -0.1) is 0 Å². The fourth-order valence-electron chi connectivity index (χ4n) is 2.94. The number of ether oxygens (including phenoxy) is 2. The maximum Gasteiger partial charge on any atom is 0.311 e. The summed E-state index contributed by atoms with van der Waals surface area (Å²) in [7, 11) is 0. The molecule has 0 bridgehead atoms. The second-order valence-electron chi connectivity index (χ2n) is 10.4. The molecule has 0 aromatic carbocycles. The fraction of sp³-hybridized carbons (Fsp3) is 0.929. The molecule has 0 unspecified atom stereocenters. The van der Waals surface area contributed by atoms with Crippen LogP contribution < -0.4 is 0 Å². The van der Waals surface area contributed by atoms with Crippen molar-refractivity contribution in [1.82, 2.24) is 0 Å². The van der Waals surface area contributed by atoms with E-state index < -0.39 is 0 Å². The largest absolute Gasteiger partial charge is 0.462 e. The average Bonchev–Trinajstić information content (AvgIpc) is 2.76. The molecule has 0 aliphatic heterocycles. The third-order valence-corrected chi connectivity index (χ3v) is 6.40. The summed E-state index contributed by atoms with van der Waals surface area (Å²) < 4.78 is 11.2. The van der Waals surface area contributed by atoms with Crippen molar-refractivity contribution in [2.45, 2.75) is 158 Å². The van der Waals surface area contributed by atoms with Gasteiger partial charge in [-0.2, -0.15) is 0 Å². The predicted molar refractivity (Wildman–Crippen MR) is 137 cm³/mol. The lowest BCUT2D eigenvalue weighted by Crippen LogP contribution is -2.30. The lowest BCUT2D eigenvalue weighted by molar-refractivity contribution is -0.161. The van der Waals surface area contributed by atoms with Gasteiger partial charge in [0, 0.05) is 0 Å². The van der Waals surface area contributed by atoms with E-state index >= 15 is 0 Å². The molecule has 4 nitrogen and oxygen atoms in total. The Balaban J connectivity index is 0. The van der Waals surface area contributed by atoms with Crippen molar-refractivity contribution in [3.63, 3.8) is 0 Å². The van der Waals surface area contributed by atoms with Gasteiger partial charge in [-0.3, -0.25) is 9.59 Å². The third kappa shape index (κ3) is 14.9. The van der Waals surface area contributed by atoms with Gasteiger partial charge in [0.25, 0.3) is 0 Å². The molecule has 0 amide bonds. The van der Waals surface area contributed by atoms with Crippen molar-refractivity contribution in [3.05, 3.63) is 0 Å². The average molecular weight is 457 g/mol. The van der Waals surface area contributed by atoms with Gasteiger partial charge in [-0.05, 0) is 66.2 Å². The van der Waals surface area contributed by atoms with Gasteiger partial charge in [-0.1, -0.05) is 80.1 Å². The first-order valence-electron chi connectivity index (χ1n) is 13.4. The number of unbranched alkanes of at least 4 members (excludes halogenated alkanes) is 2. The summed E-state index contributed by atoms with van der Waals surface area (Å²) in [5, 5.41) is 0. The smallest absolute Gasteiger partial charge is 0.311 e. The third-order valence-electron chi connectivity index (χ3n) is 6.40. The first-order valence-corrected chi connectivity index (χ1v) is 13.4. The van der Waals surface area contributed by atoms with E-state index in [9.17, 15) is 9.59 Å². The van der Waals surface area contributed by atoms with Crippen LogP contribution in [0.3, 0.4) is 0 Å². The molecular formula is C28H56O4. The van der Waals surface area contributed by atoms with E-state index in [-0.39, 0.29) is 35.0 Å². The molecule has 0 fully saturated rings. The van der Waals surface area contributed by atoms with Crippen molar-refractivity contribution in [2.24, 2.45) is 10.8 Å². The van der Waals surface area contributed by atoms with Gasteiger partial charge >= 0.3 is 11.9 Å². The minimum atomic E-state index is -0.337. The van der Waals surface area contributed by atoms with E-state index in [0.717, 1.165) is 77.0 Å². The van der Waals surface area contributed by atoms with Crippen LogP contribution in [-0.4, -0.2) is 24.1 Å². The molecule has 192 valence electrons. The summed E-state index contributed by atoms with van der Waals surface area (Å²) in [5.41, 5.74) is -0.670. The Kier molecular flexibility index (Phi) is 19.0. The van der Waals surface area contributed by atoms with E-state index in [1.54, 1.807) is 0 Å². The van der Waals surface area contributed by atoms with Crippen molar-refractivity contribution >= 4 is 11.9 Å². The lowest BCUT2D eigenvalue weighted by Gasteiger charge is -2.25. The molecule has 0 radical (unpaired) electrons. The normalized spacial score (nSPS) is 11.9. The van der Waals surface area contributed by atoms with Crippen LogP contribution in [0.1, 0.15) is 146 Å². The summed E-state index contributed by atoms with van der Waals surface area (Å²) in [5.74, 6) is -0.0749. The van der Waals surface area contributed by atoms with Crippen LogP contribution in [0.2, 0.25) is 0 Å². The highest BCUT2D eigenvalue weighted by atomic mass is 16.5. The molecular weight excluding hydrogens is 400 g/mol. The summed E-state index contributed by atoms with van der Waals surface area (Å²) >= 11 is 0. The lowest BCUT2D eigenvalue weighted by atomic mass is 9.90. The van der Waals surface area contributed by atoms with Crippen molar-refractivity contribution in [3.8, 4) is 0 Å². The molecule has 0 N–H and O–H groups in total. The Morgan fingerprint density at radius 3 is 1.12 bits per heavy atom. The number of carbonyl (C=O) groups is 2. The van der Waals surface area contributed by atoms with Crippen LogP contribution in [0, 0.1) is 10.8 Å². The van der Waals surface area contributed by atoms with Gasteiger partial charge in [0.2, 0.25) is 0 Å². The van der Waals surface area contributed by atoms with Gasteiger partial charge < -0.3 is 9.47 Å². The van der Waals surface area contributed by atoms with Gasteiger partial charge in [0.05, 0.1) is 10.8 Å². The highest BCUT2D eigenvalue weighted by molar-refractivity contribution is 5.76. The molecule has 0 saturated carbocycles. The van der Waals surface area contributed by atoms with Gasteiger partial charge in [0.15, 0.2) is 0 Å². The van der Waals surface area contributed by atoms with Gasteiger partial charge in [-0.25, -0.2) is 0 Å². The van der Waals surface area contributed by atoms with E-state index in [2.05, 4.69) is 27.7 Å². The molecule has 0 saturated heterocycles. The zero-order chi connectivity index (χ0) is 25.2. The zero-order valence-electron chi connectivity index (χ0n) is 23.3. The molecule has 0 atom stereocenters. The SMILES string of the molecule is CCCC(CCC)OC(=O)C(C)(C)CC.CCCCC(CCCC)OC(=O)C(C)(C)CC. The highest BCUT2D eigenvalue weighted by Gasteiger charge is 2.30. The zero-order valence-corrected chi connectivity index (χ0v) is 23.3. The predicted octanol–water partition coefficient (Wildman–Crippen LogP) is 8.65. The summed E-state index contributed by atoms with van der Waals surface area (Å²) in [4.78, 5) is 23.8. The first kappa shape index (κ1) is 33.1. The van der Waals surface area contributed by atoms with Crippen LogP contribution in [0.15, 0.2) is 0 Å². The molecule has 0 rings (SSSR count). The molecule has 0 heterocycles. The van der Waals surface area contributed by atoms with E-state index in [1.165, 1.54) is 0 Å². The Morgan fingerprint density at radius 1 is 0.562 bits per heavy atom. The molecule has 0 aromatic heterocycles. The van der Waals surface area contributed by atoms with Crippen LogP contribution in [0.25, 0.3) is 0 Å². The Hall–Kier alpha value is -1.06. The van der Waals surface area contributed by atoms with E-state index in [1.807, 2.05) is 41.5 Å². The maximum absolute atomic E-state index is 12.0. The molecule has 0 spiro atoms. The van der Waals surface area contributed by atoms with Crippen LogP contribution >= 0.6 is 0 Å². The summed E-state index contributed by atoms with van der Waals surface area (Å²) in [6, 6.07) is 0. The van der Waals surface area contributed by atoms with Gasteiger partial charge in [0.1, 0.15) is 12.2 Å². The quantitative estimate of drug-likeness (QED) is 0.218. The second kappa shape index (κ2) is 18.4. The van der Waals surface area contributed by atoms with Crippen LogP contribution in [0.4, 0.5) is 0 Å². The fourth-order valence-corrected chi connectivity index (χ4v) is 2.94. The summed E-state index contributed by atoms with van der Waals surface area (Å²) in [6.45, 7) is 20.5. The second-order valence-corrected chi connectivity index (χ2v) is 10.4. The first-order chi connectivity index (χ1) is 14.9. The Bertz CT molecular complexity index is 468.